The molecular weight excluding hydrogens is 299 g/mol. The maximum atomic E-state index is 13.7. The summed E-state index contributed by atoms with van der Waals surface area (Å²) in [6, 6.07) is 0.824. The van der Waals surface area contributed by atoms with Crippen molar-refractivity contribution < 1.29 is 17.7 Å². The Balaban J connectivity index is 2.62. The molecule has 1 aliphatic rings. The summed E-state index contributed by atoms with van der Waals surface area (Å²) in [5.74, 6) is -1.01. The van der Waals surface area contributed by atoms with Gasteiger partial charge in [0.25, 0.3) is 0 Å². The molecule has 2 rings (SSSR count). The van der Waals surface area contributed by atoms with E-state index in [1.165, 1.54) is 25.2 Å². The minimum Gasteiger partial charge on any atom is -0.258 e. The summed E-state index contributed by atoms with van der Waals surface area (Å²) in [7, 11) is -2.41. The van der Waals surface area contributed by atoms with Gasteiger partial charge < -0.3 is 0 Å². The molecule has 6 nitrogen and oxygen atoms in total. The zero-order chi connectivity index (χ0) is 15.9. The number of hydrogen-bond donors (Lipinski definition) is 0. The molecule has 0 bridgehead atoms. The summed E-state index contributed by atoms with van der Waals surface area (Å²) in [4.78, 5) is 9.92. The number of nitro groups is 1. The van der Waals surface area contributed by atoms with Crippen molar-refractivity contribution in [3.05, 3.63) is 33.1 Å². The van der Waals surface area contributed by atoms with Gasteiger partial charge in [0.15, 0.2) is 0 Å². The molecule has 1 saturated carbocycles. The fourth-order valence-corrected chi connectivity index (χ4v) is 4.46. The Morgan fingerprint density at radius 1 is 1.38 bits per heavy atom. The Bertz CT molecular complexity index is 699. The van der Waals surface area contributed by atoms with Crippen LogP contribution in [0, 0.1) is 29.8 Å². The summed E-state index contributed by atoms with van der Waals surface area (Å²) < 4.78 is 40.3. The standard InChI is InChI=1S/C13H17FN2O4S/c1-8-7-11(14)12(16(17)18)9(2)13(8)21(19,20)15(3)10-5-4-6-10/h7,10H,4-6H2,1-3H3. The highest BCUT2D eigenvalue weighted by atomic mass is 32.2. The predicted octanol–water partition coefficient (Wildman–Crippen LogP) is 2.52. The third kappa shape index (κ3) is 2.53. The Labute approximate surface area is 122 Å². The molecule has 0 saturated heterocycles. The van der Waals surface area contributed by atoms with Crippen LogP contribution < -0.4 is 0 Å². The van der Waals surface area contributed by atoms with E-state index in [1.807, 2.05) is 0 Å². The second-order valence-corrected chi connectivity index (χ2v) is 7.28. The highest BCUT2D eigenvalue weighted by Crippen LogP contribution is 2.35. The van der Waals surface area contributed by atoms with Crippen molar-refractivity contribution in [2.75, 3.05) is 7.05 Å². The zero-order valence-electron chi connectivity index (χ0n) is 12.1. The number of halogens is 1. The smallest absolute Gasteiger partial charge is 0.258 e. The fourth-order valence-electron chi connectivity index (χ4n) is 2.62. The molecule has 1 aromatic rings. The normalized spacial score (nSPS) is 16.0. The van der Waals surface area contributed by atoms with Crippen LogP contribution in [0.15, 0.2) is 11.0 Å². The number of benzene rings is 1. The van der Waals surface area contributed by atoms with Gasteiger partial charge >= 0.3 is 5.69 Å². The van der Waals surface area contributed by atoms with E-state index in [9.17, 15) is 22.9 Å². The number of hydrogen-bond acceptors (Lipinski definition) is 4. The van der Waals surface area contributed by atoms with Crippen LogP contribution in [0.5, 0.6) is 0 Å². The molecule has 0 amide bonds. The van der Waals surface area contributed by atoms with E-state index in [1.54, 1.807) is 0 Å². The molecule has 1 aliphatic carbocycles. The quantitative estimate of drug-likeness (QED) is 0.631. The van der Waals surface area contributed by atoms with Crippen molar-refractivity contribution in [1.82, 2.24) is 4.31 Å². The summed E-state index contributed by atoms with van der Waals surface area (Å²) >= 11 is 0. The van der Waals surface area contributed by atoms with Gasteiger partial charge in [0, 0.05) is 13.1 Å². The van der Waals surface area contributed by atoms with Crippen LogP contribution in [0.2, 0.25) is 0 Å². The van der Waals surface area contributed by atoms with Crippen LogP contribution >= 0.6 is 0 Å². The van der Waals surface area contributed by atoms with Gasteiger partial charge in [0.1, 0.15) is 0 Å². The molecule has 21 heavy (non-hydrogen) atoms. The average molecular weight is 316 g/mol. The van der Waals surface area contributed by atoms with Crippen molar-refractivity contribution in [1.29, 1.82) is 0 Å². The first-order chi connectivity index (χ1) is 9.67. The topological polar surface area (TPSA) is 80.5 Å². The lowest BCUT2D eigenvalue weighted by Gasteiger charge is -2.34. The van der Waals surface area contributed by atoms with Crippen molar-refractivity contribution in [3.8, 4) is 0 Å². The van der Waals surface area contributed by atoms with Crippen LogP contribution in [0.25, 0.3) is 0 Å². The van der Waals surface area contributed by atoms with Crippen molar-refractivity contribution in [2.24, 2.45) is 0 Å². The van der Waals surface area contributed by atoms with E-state index in [0.29, 0.717) is 0 Å². The minimum atomic E-state index is -3.87. The second-order valence-electron chi connectivity index (χ2n) is 5.34. The van der Waals surface area contributed by atoms with Gasteiger partial charge in [0.2, 0.25) is 15.8 Å². The summed E-state index contributed by atoms with van der Waals surface area (Å²) in [5, 5.41) is 11.0. The van der Waals surface area contributed by atoms with Crippen molar-refractivity contribution in [3.63, 3.8) is 0 Å². The van der Waals surface area contributed by atoms with Crippen molar-refractivity contribution >= 4 is 15.7 Å². The number of nitrogens with zero attached hydrogens (tertiary/aromatic N) is 2. The monoisotopic (exact) mass is 316 g/mol. The maximum absolute atomic E-state index is 13.7. The number of aryl methyl sites for hydroxylation is 1. The molecule has 0 spiro atoms. The van der Waals surface area contributed by atoms with E-state index < -0.39 is 26.5 Å². The van der Waals surface area contributed by atoms with Crippen LogP contribution in [0.4, 0.5) is 10.1 Å². The third-order valence-corrected chi connectivity index (χ3v) is 6.23. The molecule has 0 aliphatic heterocycles. The van der Waals surface area contributed by atoms with Gasteiger partial charge in [-0.05, 0) is 38.3 Å². The molecule has 8 heteroatoms. The molecule has 0 heterocycles. The Morgan fingerprint density at radius 2 is 1.95 bits per heavy atom. The molecule has 0 N–H and O–H groups in total. The van der Waals surface area contributed by atoms with Gasteiger partial charge in [-0.2, -0.15) is 8.70 Å². The second kappa shape index (κ2) is 5.34. The highest BCUT2D eigenvalue weighted by Gasteiger charge is 2.36. The molecule has 0 aromatic heterocycles. The molecule has 0 unspecified atom stereocenters. The number of sulfonamides is 1. The predicted molar refractivity (Wildman–Crippen MR) is 75.1 cm³/mol. The SMILES string of the molecule is Cc1cc(F)c([N+](=O)[O-])c(C)c1S(=O)(=O)N(C)C1CCC1. The zero-order valence-corrected chi connectivity index (χ0v) is 12.9. The lowest BCUT2D eigenvalue weighted by molar-refractivity contribution is -0.388. The van der Waals surface area contributed by atoms with E-state index >= 15 is 0 Å². The van der Waals surface area contributed by atoms with E-state index in [-0.39, 0.29) is 22.1 Å². The Kier molecular flexibility index (Phi) is 4.03. The largest absolute Gasteiger partial charge is 0.309 e. The molecule has 0 atom stereocenters. The van der Waals surface area contributed by atoms with Gasteiger partial charge in [-0.25, -0.2) is 8.42 Å². The molecule has 116 valence electrons. The fraction of sp³-hybridized carbons (Fsp3) is 0.538. The van der Waals surface area contributed by atoms with Crippen molar-refractivity contribution in [2.45, 2.75) is 44.0 Å². The molecular formula is C13H17FN2O4S. The highest BCUT2D eigenvalue weighted by molar-refractivity contribution is 7.89. The van der Waals surface area contributed by atoms with Gasteiger partial charge in [-0.15, -0.1) is 0 Å². The molecule has 0 radical (unpaired) electrons. The van der Waals surface area contributed by atoms with E-state index in [0.717, 1.165) is 25.3 Å². The van der Waals surface area contributed by atoms with E-state index in [2.05, 4.69) is 0 Å². The third-order valence-electron chi connectivity index (χ3n) is 4.03. The Hall–Kier alpha value is -1.54. The molecule has 1 aromatic carbocycles. The van der Waals surface area contributed by atoms with Gasteiger partial charge in [0.05, 0.1) is 15.4 Å². The number of nitro benzene ring substituents is 1. The number of rotatable bonds is 4. The van der Waals surface area contributed by atoms with Crippen LogP contribution in [0.3, 0.4) is 0 Å². The van der Waals surface area contributed by atoms with Crippen LogP contribution in [0.1, 0.15) is 30.4 Å². The van der Waals surface area contributed by atoms with Gasteiger partial charge in [-0.3, -0.25) is 10.1 Å². The van der Waals surface area contributed by atoms with Gasteiger partial charge in [-0.1, -0.05) is 6.42 Å². The van der Waals surface area contributed by atoms with Crippen LogP contribution in [-0.2, 0) is 10.0 Å². The Morgan fingerprint density at radius 3 is 2.38 bits per heavy atom. The lowest BCUT2D eigenvalue weighted by Crippen LogP contribution is -2.41. The molecule has 1 fully saturated rings. The first-order valence-corrected chi connectivity index (χ1v) is 8.04. The first-order valence-electron chi connectivity index (χ1n) is 6.60. The average Bonchev–Trinajstić information content (AvgIpc) is 2.23. The summed E-state index contributed by atoms with van der Waals surface area (Å²) in [5.41, 5.74) is -0.744. The van der Waals surface area contributed by atoms with E-state index in [4.69, 9.17) is 0 Å². The first kappa shape index (κ1) is 15.8. The summed E-state index contributed by atoms with van der Waals surface area (Å²) in [6.45, 7) is 2.72. The van der Waals surface area contributed by atoms with Crippen LogP contribution in [-0.4, -0.2) is 30.7 Å². The minimum absolute atomic E-state index is 0.0853. The summed E-state index contributed by atoms with van der Waals surface area (Å²) in [6.07, 6.45) is 2.51. The maximum Gasteiger partial charge on any atom is 0.309 e. The lowest BCUT2D eigenvalue weighted by atomic mass is 9.94.